The Labute approximate surface area is 185 Å². The Hall–Kier alpha value is -2.25. The number of hydrogen-bond acceptors (Lipinski definition) is 5. The van der Waals surface area contributed by atoms with E-state index in [-0.39, 0.29) is 17.5 Å². The third kappa shape index (κ3) is 3.94. The molecule has 1 amide bonds. The van der Waals surface area contributed by atoms with Crippen molar-refractivity contribution in [3.63, 3.8) is 0 Å². The highest BCUT2D eigenvalue weighted by Crippen LogP contribution is 2.39. The van der Waals surface area contributed by atoms with Crippen LogP contribution < -0.4 is 9.64 Å². The molecule has 0 fully saturated rings. The second-order valence-corrected chi connectivity index (χ2v) is 8.25. The Morgan fingerprint density at radius 1 is 1.17 bits per heavy atom. The quantitative estimate of drug-likeness (QED) is 0.327. The highest BCUT2D eigenvalue weighted by atomic mass is 35.5. The number of halogens is 3. The summed E-state index contributed by atoms with van der Waals surface area (Å²) < 4.78 is 11.6. The number of carbonyl (C=O) groups excluding carboxylic acids is 1. The molecule has 2 heterocycles. The van der Waals surface area contributed by atoms with Crippen molar-refractivity contribution in [2.24, 2.45) is 0 Å². The molecule has 0 N–H and O–H groups in total. The van der Waals surface area contributed by atoms with Crippen LogP contribution in [0.2, 0.25) is 15.1 Å². The number of aromatic nitrogens is 1. The number of fused-ring (bicyclic) bond motifs is 1. The van der Waals surface area contributed by atoms with Crippen LogP contribution in [0.25, 0.3) is 10.2 Å². The topological polar surface area (TPSA) is 55.6 Å². The van der Waals surface area contributed by atoms with Gasteiger partial charge in [-0.2, -0.15) is 0 Å². The molecule has 148 valence electrons. The molecule has 0 aliphatic carbocycles. The zero-order chi connectivity index (χ0) is 20.5. The van der Waals surface area contributed by atoms with Crippen LogP contribution in [0, 0.1) is 0 Å². The summed E-state index contributed by atoms with van der Waals surface area (Å²) in [6.45, 7) is 0.171. The van der Waals surface area contributed by atoms with Crippen LogP contribution in [0.3, 0.4) is 0 Å². The molecule has 0 aliphatic rings. The monoisotopic (exact) mass is 466 g/mol. The zero-order valence-electron chi connectivity index (χ0n) is 15.0. The van der Waals surface area contributed by atoms with Gasteiger partial charge in [-0.15, -0.1) is 0 Å². The van der Waals surface area contributed by atoms with Gasteiger partial charge in [0.1, 0.15) is 17.0 Å². The van der Waals surface area contributed by atoms with Crippen molar-refractivity contribution in [1.82, 2.24) is 4.98 Å². The molecule has 0 saturated carbocycles. The van der Waals surface area contributed by atoms with Gasteiger partial charge in [-0.25, -0.2) is 4.98 Å². The highest BCUT2D eigenvalue weighted by Gasteiger charge is 2.26. The van der Waals surface area contributed by atoms with E-state index in [1.54, 1.807) is 49.8 Å². The molecule has 29 heavy (non-hydrogen) atoms. The van der Waals surface area contributed by atoms with Gasteiger partial charge in [-0.3, -0.25) is 9.69 Å². The summed E-state index contributed by atoms with van der Waals surface area (Å²) in [5, 5.41) is 1.67. The van der Waals surface area contributed by atoms with E-state index >= 15 is 0 Å². The fourth-order valence-corrected chi connectivity index (χ4v) is 4.56. The van der Waals surface area contributed by atoms with Crippen LogP contribution in [0.1, 0.15) is 16.1 Å². The van der Waals surface area contributed by atoms with Crippen molar-refractivity contribution >= 4 is 67.4 Å². The molecule has 0 radical (unpaired) electrons. The number of thiazole rings is 1. The predicted molar refractivity (Wildman–Crippen MR) is 117 cm³/mol. The number of benzene rings is 2. The summed E-state index contributed by atoms with van der Waals surface area (Å²) in [5.74, 6) is 0.833. The molecule has 5 nitrogen and oxygen atoms in total. The molecule has 0 unspecified atom stereocenters. The van der Waals surface area contributed by atoms with E-state index < -0.39 is 0 Å². The number of methoxy groups -OCH3 is 1. The molecule has 0 aliphatic heterocycles. The fourth-order valence-electron chi connectivity index (χ4n) is 2.81. The van der Waals surface area contributed by atoms with E-state index in [4.69, 9.17) is 44.0 Å². The van der Waals surface area contributed by atoms with Crippen molar-refractivity contribution in [1.29, 1.82) is 0 Å². The average Bonchev–Trinajstić information content (AvgIpc) is 3.36. The van der Waals surface area contributed by atoms with Crippen LogP contribution in [0.15, 0.2) is 53.1 Å². The van der Waals surface area contributed by atoms with Crippen molar-refractivity contribution < 1.29 is 13.9 Å². The third-order valence-corrected chi connectivity index (χ3v) is 6.29. The maximum Gasteiger partial charge on any atom is 0.262 e. The van der Waals surface area contributed by atoms with Gasteiger partial charge in [0.25, 0.3) is 5.91 Å². The smallest absolute Gasteiger partial charge is 0.262 e. The van der Waals surface area contributed by atoms with Crippen molar-refractivity contribution in [3.8, 4) is 5.75 Å². The van der Waals surface area contributed by atoms with E-state index in [1.165, 1.54) is 22.3 Å². The number of carbonyl (C=O) groups is 1. The van der Waals surface area contributed by atoms with Gasteiger partial charge in [0, 0.05) is 5.02 Å². The number of hydrogen-bond donors (Lipinski definition) is 0. The maximum atomic E-state index is 13.4. The second-order valence-electron chi connectivity index (χ2n) is 6.02. The van der Waals surface area contributed by atoms with E-state index in [0.29, 0.717) is 37.8 Å². The third-order valence-electron chi connectivity index (χ3n) is 4.20. The number of furan rings is 1. The lowest BCUT2D eigenvalue weighted by Crippen LogP contribution is -2.30. The van der Waals surface area contributed by atoms with Gasteiger partial charge in [-0.05, 0) is 42.5 Å². The molecule has 0 bridgehead atoms. The van der Waals surface area contributed by atoms with Crippen molar-refractivity contribution in [2.75, 3.05) is 12.0 Å². The summed E-state index contributed by atoms with van der Waals surface area (Å²) in [4.78, 5) is 19.5. The molecule has 2 aromatic heterocycles. The Bertz CT molecular complexity index is 1190. The maximum absolute atomic E-state index is 13.4. The minimum Gasteiger partial charge on any atom is -0.494 e. The Morgan fingerprint density at radius 2 is 2.00 bits per heavy atom. The molecule has 0 atom stereocenters. The number of nitrogens with zero attached hydrogens (tertiary/aromatic N) is 2. The minimum atomic E-state index is -0.336. The van der Waals surface area contributed by atoms with E-state index in [2.05, 4.69) is 4.98 Å². The van der Waals surface area contributed by atoms with Crippen LogP contribution in [-0.2, 0) is 6.54 Å². The van der Waals surface area contributed by atoms with Crippen LogP contribution in [-0.4, -0.2) is 18.0 Å². The Kier molecular flexibility index (Phi) is 5.69. The number of amides is 1. The molecule has 0 spiro atoms. The predicted octanol–water partition coefficient (Wildman–Crippen LogP) is 6.71. The molecule has 4 aromatic rings. The lowest BCUT2D eigenvalue weighted by atomic mass is 10.2. The number of ether oxygens (including phenoxy) is 1. The summed E-state index contributed by atoms with van der Waals surface area (Å²) in [6.07, 6.45) is 1.55. The van der Waals surface area contributed by atoms with E-state index in [0.717, 1.165) is 4.70 Å². The second kappa shape index (κ2) is 8.24. The molecule has 4 rings (SSSR count). The summed E-state index contributed by atoms with van der Waals surface area (Å²) in [7, 11) is 1.56. The van der Waals surface area contributed by atoms with Crippen molar-refractivity contribution in [3.05, 3.63) is 75.1 Å². The largest absolute Gasteiger partial charge is 0.494 e. The van der Waals surface area contributed by atoms with E-state index in [9.17, 15) is 4.79 Å². The first-order valence-corrected chi connectivity index (χ1v) is 10.4. The normalized spacial score (nSPS) is 11.0. The zero-order valence-corrected chi connectivity index (χ0v) is 18.1. The van der Waals surface area contributed by atoms with Crippen molar-refractivity contribution in [2.45, 2.75) is 6.54 Å². The molecular formula is C20H13Cl3N2O3S. The Balaban J connectivity index is 1.83. The SMILES string of the molecule is COc1ccc(Cl)c2sc(N(Cc3ccco3)C(=O)c3ccc(Cl)cc3Cl)nc12. The lowest BCUT2D eigenvalue weighted by molar-refractivity contribution is 0.0983. The first kappa shape index (κ1) is 20.0. The molecular weight excluding hydrogens is 455 g/mol. The fraction of sp³-hybridized carbons (Fsp3) is 0.100. The van der Waals surface area contributed by atoms with E-state index in [1.807, 2.05) is 0 Å². The van der Waals surface area contributed by atoms with Gasteiger partial charge in [0.05, 0.1) is 40.2 Å². The van der Waals surface area contributed by atoms with Crippen LogP contribution in [0.4, 0.5) is 5.13 Å². The highest BCUT2D eigenvalue weighted by molar-refractivity contribution is 7.23. The molecule has 2 aromatic carbocycles. The molecule has 9 heteroatoms. The average molecular weight is 468 g/mol. The number of rotatable bonds is 5. The lowest BCUT2D eigenvalue weighted by Gasteiger charge is -2.19. The Morgan fingerprint density at radius 3 is 2.69 bits per heavy atom. The van der Waals surface area contributed by atoms with Gasteiger partial charge >= 0.3 is 0 Å². The minimum absolute atomic E-state index is 0.171. The summed E-state index contributed by atoms with van der Waals surface area (Å²) in [5.41, 5.74) is 0.888. The summed E-state index contributed by atoms with van der Waals surface area (Å²) >= 11 is 19.9. The first-order valence-electron chi connectivity index (χ1n) is 8.40. The standard InChI is InChI=1S/C20H13Cl3N2O3S/c1-27-16-7-6-14(22)18-17(16)24-20(29-18)25(10-12-3-2-8-28-12)19(26)13-5-4-11(21)9-15(13)23/h2-9H,10H2,1H3. The first-order chi connectivity index (χ1) is 14.0. The van der Waals surface area contributed by atoms with Crippen LogP contribution in [0.5, 0.6) is 5.75 Å². The van der Waals surface area contributed by atoms with Crippen LogP contribution >= 0.6 is 46.1 Å². The van der Waals surface area contributed by atoms with Gasteiger partial charge in [0.15, 0.2) is 5.13 Å². The van der Waals surface area contributed by atoms with Gasteiger partial charge < -0.3 is 9.15 Å². The van der Waals surface area contributed by atoms with Gasteiger partial charge in [-0.1, -0.05) is 46.1 Å². The molecule has 0 saturated heterocycles. The number of anilines is 1. The summed E-state index contributed by atoms with van der Waals surface area (Å²) in [6, 6.07) is 11.7. The van der Waals surface area contributed by atoms with Gasteiger partial charge in [0.2, 0.25) is 0 Å².